The number of anilines is 2. The van der Waals surface area contributed by atoms with Crippen molar-refractivity contribution in [3.63, 3.8) is 0 Å². The fraction of sp³-hybridized carbons (Fsp3) is 0.480. The van der Waals surface area contributed by atoms with Crippen molar-refractivity contribution in [2.24, 2.45) is 5.92 Å². The normalized spacial score (nSPS) is 18.2. The first-order valence-corrected chi connectivity index (χ1v) is 13.3. The molecule has 2 aromatic rings. The first-order valence-electron chi connectivity index (χ1n) is 11.8. The predicted molar refractivity (Wildman–Crippen MR) is 130 cm³/mol. The van der Waals surface area contributed by atoms with Crippen LogP contribution in [-0.4, -0.2) is 57.1 Å². The molecule has 0 aliphatic carbocycles. The standard InChI is InChI=1S/C25H33N3O4S/c29-25(30)21-9-10-24(23(19-21)26-33(31,32)22-7-3-1-4-8-22)28-17-12-20(13-18-28)11-16-27-14-5-2-6-15-27/h1,3-4,7-10,19-20,26H,2,5-6,11-18H2,(H,29,30). The van der Waals surface area contributed by atoms with Gasteiger partial charge in [-0.25, -0.2) is 13.2 Å². The van der Waals surface area contributed by atoms with Crippen molar-refractivity contribution in [3.05, 3.63) is 54.1 Å². The maximum Gasteiger partial charge on any atom is 0.335 e. The Morgan fingerprint density at radius 3 is 2.33 bits per heavy atom. The number of piperidine rings is 2. The molecule has 2 saturated heterocycles. The lowest BCUT2D eigenvalue weighted by Gasteiger charge is -2.36. The monoisotopic (exact) mass is 471 g/mol. The van der Waals surface area contributed by atoms with Gasteiger partial charge in [-0.05, 0) is 88.0 Å². The van der Waals surface area contributed by atoms with E-state index in [1.807, 2.05) is 0 Å². The summed E-state index contributed by atoms with van der Waals surface area (Å²) in [5, 5.41) is 9.43. The van der Waals surface area contributed by atoms with Gasteiger partial charge in [-0.2, -0.15) is 0 Å². The number of benzene rings is 2. The molecule has 4 rings (SSSR count). The highest BCUT2D eigenvalue weighted by Crippen LogP contribution is 2.33. The van der Waals surface area contributed by atoms with E-state index in [9.17, 15) is 18.3 Å². The molecule has 2 heterocycles. The van der Waals surface area contributed by atoms with Crippen LogP contribution in [0.1, 0.15) is 48.9 Å². The zero-order valence-corrected chi connectivity index (χ0v) is 19.8. The fourth-order valence-electron chi connectivity index (χ4n) is 4.84. The average Bonchev–Trinajstić information content (AvgIpc) is 2.84. The van der Waals surface area contributed by atoms with E-state index in [1.165, 1.54) is 63.5 Å². The fourth-order valence-corrected chi connectivity index (χ4v) is 5.93. The molecule has 0 spiro atoms. The van der Waals surface area contributed by atoms with Crippen LogP contribution in [0, 0.1) is 5.92 Å². The topological polar surface area (TPSA) is 89.9 Å². The van der Waals surface area contributed by atoms with Gasteiger partial charge in [0, 0.05) is 13.1 Å². The lowest BCUT2D eigenvalue weighted by molar-refractivity contribution is 0.0697. The molecule has 0 bridgehead atoms. The summed E-state index contributed by atoms with van der Waals surface area (Å²) in [5.41, 5.74) is 1.10. The second kappa shape index (κ2) is 10.6. The summed E-state index contributed by atoms with van der Waals surface area (Å²) in [7, 11) is -3.82. The first kappa shape index (κ1) is 23.6. The molecule has 0 aromatic heterocycles. The lowest BCUT2D eigenvalue weighted by Crippen LogP contribution is -2.36. The predicted octanol–water partition coefficient (Wildman–Crippen LogP) is 4.28. The average molecular weight is 472 g/mol. The van der Waals surface area contributed by atoms with E-state index in [4.69, 9.17) is 0 Å². The van der Waals surface area contributed by atoms with Gasteiger partial charge in [-0.15, -0.1) is 0 Å². The van der Waals surface area contributed by atoms with Crippen LogP contribution in [-0.2, 0) is 10.0 Å². The maximum absolute atomic E-state index is 12.9. The SMILES string of the molecule is O=C(O)c1ccc(N2CCC(CCN3CCCCC3)CC2)c(NS(=O)(=O)c2ccccc2)c1. The Balaban J connectivity index is 1.45. The molecule has 33 heavy (non-hydrogen) atoms. The molecule has 2 aliphatic heterocycles. The third kappa shape index (κ3) is 6.06. The molecular formula is C25H33N3O4S. The van der Waals surface area contributed by atoms with E-state index in [1.54, 1.807) is 30.3 Å². The molecule has 7 nitrogen and oxygen atoms in total. The van der Waals surface area contributed by atoms with Crippen LogP contribution < -0.4 is 9.62 Å². The molecular weight excluding hydrogens is 438 g/mol. The number of nitrogens with one attached hydrogen (secondary N) is 1. The number of nitrogens with zero attached hydrogens (tertiary/aromatic N) is 2. The molecule has 0 unspecified atom stereocenters. The number of hydrogen-bond donors (Lipinski definition) is 2. The quantitative estimate of drug-likeness (QED) is 0.597. The van der Waals surface area contributed by atoms with Crippen molar-refractivity contribution in [3.8, 4) is 0 Å². The van der Waals surface area contributed by atoms with Gasteiger partial charge in [0.05, 0.1) is 21.8 Å². The van der Waals surface area contributed by atoms with Crippen LogP contribution in [0.2, 0.25) is 0 Å². The van der Waals surface area contributed by atoms with E-state index in [2.05, 4.69) is 14.5 Å². The second-order valence-corrected chi connectivity index (χ2v) is 10.8. The summed E-state index contributed by atoms with van der Waals surface area (Å²) in [4.78, 5) is 16.4. The van der Waals surface area contributed by atoms with Gasteiger partial charge in [0.1, 0.15) is 0 Å². The minimum Gasteiger partial charge on any atom is -0.478 e. The first-order chi connectivity index (χ1) is 15.9. The van der Waals surface area contributed by atoms with Gasteiger partial charge in [0.25, 0.3) is 10.0 Å². The van der Waals surface area contributed by atoms with Gasteiger partial charge < -0.3 is 14.9 Å². The van der Waals surface area contributed by atoms with Gasteiger partial charge >= 0.3 is 5.97 Å². The van der Waals surface area contributed by atoms with Gasteiger partial charge in [-0.3, -0.25) is 4.72 Å². The highest BCUT2D eigenvalue weighted by Gasteiger charge is 2.24. The number of carbonyl (C=O) groups is 1. The number of carboxylic acid groups (broad SMARTS) is 1. The van der Waals surface area contributed by atoms with Crippen LogP contribution in [0.3, 0.4) is 0 Å². The summed E-state index contributed by atoms with van der Waals surface area (Å²) in [6.45, 7) is 5.27. The molecule has 0 amide bonds. The van der Waals surface area contributed by atoms with Crippen LogP contribution in [0.25, 0.3) is 0 Å². The zero-order valence-electron chi connectivity index (χ0n) is 18.9. The number of rotatable bonds is 8. The number of carboxylic acids is 1. The summed E-state index contributed by atoms with van der Waals surface area (Å²) >= 11 is 0. The summed E-state index contributed by atoms with van der Waals surface area (Å²) in [5.74, 6) is -0.413. The number of aromatic carboxylic acids is 1. The van der Waals surface area contributed by atoms with E-state index in [-0.39, 0.29) is 10.5 Å². The maximum atomic E-state index is 12.9. The van der Waals surface area contributed by atoms with Crippen LogP contribution in [0.4, 0.5) is 11.4 Å². The van der Waals surface area contributed by atoms with Crippen molar-refractivity contribution in [1.82, 2.24) is 4.90 Å². The van der Waals surface area contributed by atoms with Gasteiger partial charge in [0.2, 0.25) is 0 Å². The van der Waals surface area contributed by atoms with Crippen molar-refractivity contribution in [1.29, 1.82) is 0 Å². The third-order valence-corrected chi connectivity index (χ3v) is 8.18. The minimum atomic E-state index is -3.82. The molecule has 8 heteroatoms. The van der Waals surface area contributed by atoms with Crippen LogP contribution in [0.5, 0.6) is 0 Å². The Hall–Kier alpha value is -2.58. The van der Waals surface area contributed by atoms with Crippen molar-refractivity contribution < 1.29 is 18.3 Å². The number of hydrogen-bond acceptors (Lipinski definition) is 5. The van der Waals surface area contributed by atoms with E-state index >= 15 is 0 Å². The minimum absolute atomic E-state index is 0.0564. The van der Waals surface area contributed by atoms with Crippen LogP contribution in [0.15, 0.2) is 53.4 Å². The van der Waals surface area contributed by atoms with Gasteiger partial charge in [0.15, 0.2) is 0 Å². The largest absolute Gasteiger partial charge is 0.478 e. The molecule has 0 atom stereocenters. The summed E-state index contributed by atoms with van der Waals surface area (Å²) < 4.78 is 28.5. The Morgan fingerprint density at radius 2 is 1.67 bits per heavy atom. The van der Waals surface area contributed by atoms with Crippen molar-refractivity contribution in [2.75, 3.05) is 42.3 Å². The highest BCUT2D eigenvalue weighted by molar-refractivity contribution is 7.92. The second-order valence-electron chi connectivity index (χ2n) is 9.08. The molecule has 0 saturated carbocycles. The highest BCUT2D eigenvalue weighted by atomic mass is 32.2. The number of sulfonamides is 1. The molecule has 2 aromatic carbocycles. The smallest absolute Gasteiger partial charge is 0.335 e. The zero-order chi connectivity index (χ0) is 23.3. The van der Waals surface area contributed by atoms with Crippen molar-refractivity contribution in [2.45, 2.75) is 43.4 Å². The Labute approximate surface area is 196 Å². The molecule has 2 fully saturated rings. The Kier molecular flexibility index (Phi) is 7.55. The molecule has 2 aliphatic rings. The van der Waals surface area contributed by atoms with E-state index in [0.29, 0.717) is 11.6 Å². The Morgan fingerprint density at radius 1 is 0.970 bits per heavy atom. The Bertz CT molecular complexity index is 1040. The van der Waals surface area contributed by atoms with Gasteiger partial charge in [-0.1, -0.05) is 24.6 Å². The molecule has 178 valence electrons. The summed E-state index contributed by atoms with van der Waals surface area (Å²) in [6, 6.07) is 12.8. The molecule has 0 radical (unpaired) electrons. The van der Waals surface area contributed by atoms with E-state index < -0.39 is 16.0 Å². The third-order valence-electron chi connectivity index (χ3n) is 6.80. The summed E-state index contributed by atoms with van der Waals surface area (Å²) in [6.07, 6.45) is 7.29. The van der Waals surface area contributed by atoms with Crippen LogP contribution >= 0.6 is 0 Å². The van der Waals surface area contributed by atoms with E-state index in [0.717, 1.165) is 31.6 Å². The molecule has 2 N–H and O–H groups in total. The number of likely N-dealkylation sites (tertiary alicyclic amines) is 1. The lowest BCUT2D eigenvalue weighted by atomic mass is 9.92. The van der Waals surface area contributed by atoms with Crippen molar-refractivity contribution >= 4 is 27.4 Å².